The molecule has 9 heteroatoms. The summed E-state index contributed by atoms with van der Waals surface area (Å²) in [6.45, 7) is 6.31. The Hall–Kier alpha value is -2.84. The van der Waals surface area contributed by atoms with Gasteiger partial charge in [-0.15, -0.1) is 0 Å². The third-order valence-electron chi connectivity index (χ3n) is 4.99. The minimum absolute atomic E-state index is 0.0397. The van der Waals surface area contributed by atoms with Gasteiger partial charge in [-0.25, -0.2) is 9.37 Å². The summed E-state index contributed by atoms with van der Waals surface area (Å²) in [5, 5.41) is 2.75. The normalized spacial score (nSPS) is 14.5. The van der Waals surface area contributed by atoms with E-state index in [1.54, 1.807) is 17.2 Å². The summed E-state index contributed by atoms with van der Waals surface area (Å²) in [5.74, 6) is -0.653. The number of pyridine rings is 2. The number of aromatic nitrogens is 2. The molecule has 0 saturated heterocycles. The highest BCUT2D eigenvalue weighted by Crippen LogP contribution is 2.43. The molecule has 0 bridgehead atoms. The second kappa shape index (κ2) is 10.2. The van der Waals surface area contributed by atoms with Crippen LogP contribution in [0.4, 0.5) is 15.8 Å². The van der Waals surface area contributed by atoms with Gasteiger partial charge >= 0.3 is 0 Å². The second-order valence-corrected chi connectivity index (χ2v) is 8.29. The van der Waals surface area contributed by atoms with E-state index >= 15 is 0 Å². The number of benzene rings is 1. The topological polar surface area (TPSA) is 75.2 Å². The van der Waals surface area contributed by atoms with Crippen LogP contribution in [0.25, 0.3) is 11.1 Å². The molecule has 2 aromatic heterocycles. The number of hydrogen-bond acceptors (Lipinski definition) is 4. The average Bonchev–Trinajstić information content (AvgIpc) is 2.85. The van der Waals surface area contributed by atoms with Gasteiger partial charge in [0.25, 0.3) is 0 Å². The highest BCUT2D eigenvalue weighted by atomic mass is 79.9. The Morgan fingerprint density at radius 2 is 2.06 bits per heavy atom. The number of nitrogens with one attached hydrogen (secondary N) is 1. The lowest BCUT2D eigenvalue weighted by Crippen LogP contribution is -2.33. The summed E-state index contributed by atoms with van der Waals surface area (Å²) < 4.78 is 13.1. The molecule has 0 radical (unpaired) electrons. The van der Waals surface area contributed by atoms with E-state index in [0.717, 1.165) is 28.2 Å². The molecular formula is C23H21BrClFN4O2. The van der Waals surface area contributed by atoms with Crippen LogP contribution in [0.15, 0.2) is 47.1 Å². The second-order valence-electron chi connectivity index (χ2n) is 7.08. The Balaban J connectivity index is 0.000000222. The monoisotopic (exact) mass is 518 g/mol. The number of likely N-dealkylation sites (N-methyl/N-ethyl adjacent to an activating group) is 1. The third-order valence-corrected chi connectivity index (χ3v) is 5.91. The lowest BCUT2D eigenvalue weighted by atomic mass is 9.98. The molecule has 1 aliphatic heterocycles. The molecule has 1 aliphatic rings. The highest BCUT2D eigenvalue weighted by molar-refractivity contribution is 9.10. The zero-order chi connectivity index (χ0) is 23.4. The first kappa shape index (κ1) is 23.8. The van der Waals surface area contributed by atoms with Crippen LogP contribution in [0.5, 0.6) is 0 Å². The first-order chi connectivity index (χ1) is 15.3. The Morgan fingerprint density at radius 3 is 2.72 bits per heavy atom. The summed E-state index contributed by atoms with van der Waals surface area (Å²) in [6.07, 6.45) is 2.21. The summed E-state index contributed by atoms with van der Waals surface area (Å²) in [4.78, 5) is 33.2. The van der Waals surface area contributed by atoms with Crippen molar-refractivity contribution in [1.82, 2.24) is 9.97 Å². The standard InChI is InChI=1S/C16H16ClN3O.C7H5BrFNO/c1-4-20-12-8-9(2)19-15(17)13(12)11-6-5-7-18-14(11)10(3)16(20)21;8-6-2-1-5(10-4-11)3-7(6)9/h5-8,10H,4H2,1-3H3;1-4H,(H,10,11)/t10-;/m0./s1. The number of fused-ring (bicyclic) bond motifs is 3. The van der Waals surface area contributed by atoms with Crippen LogP contribution in [0.2, 0.25) is 5.15 Å². The first-order valence-corrected chi connectivity index (χ1v) is 11.0. The molecule has 6 nitrogen and oxygen atoms in total. The summed E-state index contributed by atoms with van der Waals surface area (Å²) in [7, 11) is 0. The molecule has 166 valence electrons. The van der Waals surface area contributed by atoms with Crippen LogP contribution in [0.3, 0.4) is 0 Å². The number of nitrogens with zero attached hydrogens (tertiary/aromatic N) is 3. The van der Waals surface area contributed by atoms with E-state index in [9.17, 15) is 14.0 Å². The van der Waals surface area contributed by atoms with Crippen LogP contribution in [-0.4, -0.2) is 28.8 Å². The minimum atomic E-state index is -0.392. The van der Waals surface area contributed by atoms with Crippen molar-refractivity contribution in [2.24, 2.45) is 0 Å². The first-order valence-electron chi connectivity index (χ1n) is 9.87. The molecule has 3 heterocycles. The molecule has 32 heavy (non-hydrogen) atoms. The van der Waals surface area contributed by atoms with Crippen molar-refractivity contribution >= 4 is 51.2 Å². The zero-order valence-corrected chi connectivity index (χ0v) is 20.0. The number of carbonyl (C=O) groups excluding carboxylic acids is 2. The lowest BCUT2D eigenvalue weighted by Gasteiger charge is -2.23. The quantitative estimate of drug-likeness (QED) is 0.354. The van der Waals surface area contributed by atoms with E-state index in [1.807, 2.05) is 39.0 Å². The van der Waals surface area contributed by atoms with Gasteiger partial charge in [0.1, 0.15) is 11.0 Å². The Morgan fingerprint density at radius 1 is 1.31 bits per heavy atom. The maximum absolute atomic E-state index is 12.7. The van der Waals surface area contributed by atoms with E-state index in [0.29, 0.717) is 28.3 Å². The van der Waals surface area contributed by atoms with Gasteiger partial charge in [-0.2, -0.15) is 0 Å². The molecule has 0 spiro atoms. The van der Waals surface area contributed by atoms with Crippen LogP contribution in [0, 0.1) is 12.7 Å². The highest BCUT2D eigenvalue weighted by Gasteiger charge is 2.33. The summed E-state index contributed by atoms with van der Waals surface area (Å²) >= 11 is 9.38. The van der Waals surface area contributed by atoms with Gasteiger partial charge in [0, 0.05) is 35.2 Å². The SMILES string of the molecule is CCN1C(=O)[C@@H](C)c2ncccc2-c2c1cc(C)nc2Cl.O=CNc1ccc(Br)c(F)c1. The van der Waals surface area contributed by atoms with E-state index in [4.69, 9.17) is 11.6 Å². The summed E-state index contributed by atoms with van der Waals surface area (Å²) in [5.41, 5.74) is 4.50. The van der Waals surface area contributed by atoms with Crippen LogP contribution < -0.4 is 10.2 Å². The number of amides is 2. The smallest absolute Gasteiger partial charge is 0.235 e. The van der Waals surface area contributed by atoms with Gasteiger partial charge < -0.3 is 10.2 Å². The van der Waals surface area contributed by atoms with Crippen molar-refractivity contribution in [2.45, 2.75) is 26.7 Å². The number of carbonyl (C=O) groups is 2. The van der Waals surface area contributed by atoms with Gasteiger partial charge in [-0.3, -0.25) is 14.6 Å². The zero-order valence-electron chi connectivity index (χ0n) is 17.7. The molecule has 1 aromatic carbocycles. The van der Waals surface area contributed by atoms with Gasteiger partial charge in [-0.1, -0.05) is 17.7 Å². The van der Waals surface area contributed by atoms with Gasteiger partial charge in [0.2, 0.25) is 12.3 Å². The fourth-order valence-electron chi connectivity index (χ4n) is 3.50. The summed E-state index contributed by atoms with van der Waals surface area (Å²) in [6, 6.07) is 10.1. The van der Waals surface area contributed by atoms with E-state index < -0.39 is 5.82 Å². The van der Waals surface area contributed by atoms with Crippen molar-refractivity contribution in [3.8, 4) is 11.1 Å². The predicted octanol–water partition coefficient (Wildman–Crippen LogP) is 5.73. The van der Waals surface area contributed by atoms with Gasteiger partial charge in [0.15, 0.2) is 0 Å². The van der Waals surface area contributed by atoms with Gasteiger partial charge in [-0.05, 0) is 67.0 Å². The predicted molar refractivity (Wildman–Crippen MR) is 127 cm³/mol. The van der Waals surface area contributed by atoms with Gasteiger partial charge in [0.05, 0.1) is 21.8 Å². The van der Waals surface area contributed by atoms with E-state index in [-0.39, 0.29) is 11.8 Å². The fraction of sp³-hybridized carbons (Fsp3) is 0.217. The number of halogens is 3. The molecule has 3 aromatic rings. The molecule has 4 rings (SSSR count). The Kier molecular flexibility index (Phi) is 7.58. The van der Waals surface area contributed by atoms with Crippen LogP contribution >= 0.6 is 27.5 Å². The van der Waals surface area contributed by atoms with Crippen molar-refractivity contribution in [1.29, 1.82) is 0 Å². The molecule has 1 atom stereocenters. The molecule has 1 N–H and O–H groups in total. The van der Waals surface area contributed by atoms with E-state index in [2.05, 4.69) is 31.2 Å². The van der Waals surface area contributed by atoms with Crippen molar-refractivity contribution in [2.75, 3.05) is 16.8 Å². The number of rotatable bonds is 3. The maximum atomic E-state index is 12.7. The molecule has 0 aliphatic carbocycles. The molecule has 2 amide bonds. The molecular weight excluding hydrogens is 499 g/mol. The van der Waals surface area contributed by atoms with Crippen molar-refractivity contribution in [3.63, 3.8) is 0 Å². The largest absolute Gasteiger partial charge is 0.329 e. The fourth-order valence-corrected chi connectivity index (χ4v) is 4.08. The lowest BCUT2D eigenvalue weighted by molar-refractivity contribution is -0.119. The molecule has 0 fully saturated rings. The number of aryl methyl sites for hydroxylation is 1. The Bertz CT molecular complexity index is 1170. The minimum Gasteiger partial charge on any atom is -0.329 e. The third kappa shape index (κ3) is 4.81. The average molecular weight is 520 g/mol. The molecule has 0 saturated carbocycles. The maximum Gasteiger partial charge on any atom is 0.235 e. The van der Waals surface area contributed by atoms with Crippen molar-refractivity contribution < 1.29 is 14.0 Å². The van der Waals surface area contributed by atoms with Crippen molar-refractivity contribution in [3.05, 3.63) is 69.4 Å². The van der Waals surface area contributed by atoms with Crippen LogP contribution in [0.1, 0.15) is 31.2 Å². The number of hydrogen-bond donors (Lipinski definition) is 1. The molecule has 0 unspecified atom stereocenters. The van der Waals surface area contributed by atoms with E-state index in [1.165, 1.54) is 12.1 Å². The van der Waals surface area contributed by atoms with Crippen LogP contribution in [-0.2, 0) is 9.59 Å². The number of anilines is 2. The Labute approximate surface area is 199 Å².